The molecule has 16 heavy (non-hydrogen) atoms. The fourth-order valence-electron chi connectivity index (χ4n) is 1.17. The normalized spacial score (nSPS) is 9.38. The second-order valence-electron chi connectivity index (χ2n) is 3.25. The summed E-state index contributed by atoms with van der Waals surface area (Å²) in [5.74, 6) is -0.635. The molecule has 0 saturated carbocycles. The van der Waals surface area contributed by atoms with Crippen LogP contribution in [0.4, 0.5) is 4.39 Å². The molecule has 0 radical (unpaired) electrons. The number of hydrogen-bond acceptors (Lipinski definition) is 2. The number of nitrogens with one attached hydrogen (secondary N) is 1. The first-order chi connectivity index (χ1) is 7.63. The maximum atomic E-state index is 12.9. The number of halogens is 1. The molecule has 1 N–H and O–H groups in total. The van der Waals surface area contributed by atoms with Crippen molar-refractivity contribution in [3.63, 3.8) is 0 Å². The molecule has 0 aromatic heterocycles. The highest BCUT2D eigenvalue weighted by atomic mass is 19.1. The van der Waals surface area contributed by atoms with Crippen LogP contribution in [0.1, 0.15) is 11.1 Å². The van der Waals surface area contributed by atoms with Gasteiger partial charge in [0.2, 0.25) is 5.91 Å². The Bertz CT molecular complexity index is 440. The third kappa shape index (κ3) is 3.59. The van der Waals surface area contributed by atoms with Gasteiger partial charge in [-0.25, -0.2) is 4.39 Å². The van der Waals surface area contributed by atoms with Crippen molar-refractivity contribution < 1.29 is 9.18 Å². The van der Waals surface area contributed by atoms with Crippen LogP contribution in [-0.4, -0.2) is 12.5 Å². The number of benzene rings is 1. The highest BCUT2D eigenvalue weighted by Crippen LogP contribution is 2.08. The van der Waals surface area contributed by atoms with Gasteiger partial charge in [-0.3, -0.25) is 4.79 Å². The summed E-state index contributed by atoms with van der Waals surface area (Å²) >= 11 is 0. The third-order valence-corrected chi connectivity index (χ3v) is 1.99. The second-order valence-corrected chi connectivity index (χ2v) is 3.25. The summed E-state index contributed by atoms with van der Waals surface area (Å²) in [7, 11) is 0. The Labute approximate surface area is 91.9 Å². The zero-order chi connectivity index (χ0) is 12.0. The van der Waals surface area contributed by atoms with Gasteiger partial charge in [-0.1, -0.05) is 17.2 Å². The van der Waals surface area contributed by atoms with Crippen LogP contribution >= 0.6 is 0 Å². The topological polar surface area (TPSA) is 77.9 Å². The van der Waals surface area contributed by atoms with E-state index in [-0.39, 0.29) is 18.3 Å². The van der Waals surface area contributed by atoms with Gasteiger partial charge in [0.25, 0.3) is 0 Å². The van der Waals surface area contributed by atoms with E-state index >= 15 is 0 Å². The Morgan fingerprint density at radius 2 is 2.38 bits per heavy atom. The number of azide groups is 1. The molecule has 0 bridgehead atoms. The van der Waals surface area contributed by atoms with E-state index in [1.54, 1.807) is 19.1 Å². The first-order valence-corrected chi connectivity index (χ1v) is 4.66. The number of amides is 1. The molecule has 0 atom stereocenters. The lowest BCUT2D eigenvalue weighted by molar-refractivity contribution is -0.119. The standard InChI is InChI=1S/C10H11FN4O/c1-7-4-8(2-3-9(7)11)5-13-10(16)6-14-15-12/h2-4H,5-6H2,1H3,(H,13,16). The predicted octanol–water partition coefficient (Wildman–Crippen LogP) is 2.06. The summed E-state index contributed by atoms with van der Waals surface area (Å²) in [5.41, 5.74) is 9.33. The van der Waals surface area contributed by atoms with E-state index in [1.807, 2.05) is 0 Å². The number of nitrogens with zero attached hydrogens (tertiary/aromatic N) is 3. The van der Waals surface area contributed by atoms with Gasteiger partial charge in [0.05, 0.1) is 0 Å². The van der Waals surface area contributed by atoms with Crippen molar-refractivity contribution in [1.82, 2.24) is 5.32 Å². The molecule has 0 aliphatic carbocycles. The van der Waals surface area contributed by atoms with Crippen LogP contribution in [0.2, 0.25) is 0 Å². The summed E-state index contributed by atoms with van der Waals surface area (Å²) in [4.78, 5) is 13.5. The van der Waals surface area contributed by atoms with Crippen molar-refractivity contribution in [2.75, 3.05) is 6.54 Å². The molecular weight excluding hydrogens is 211 g/mol. The molecule has 6 heteroatoms. The summed E-state index contributed by atoms with van der Waals surface area (Å²) < 4.78 is 12.9. The molecule has 0 fully saturated rings. The monoisotopic (exact) mass is 222 g/mol. The SMILES string of the molecule is Cc1cc(CNC(=O)CN=[N+]=[N-])ccc1F. The highest BCUT2D eigenvalue weighted by Gasteiger charge is 2.01. The molecule has 1 amide bonds. The number of rotatable bonds is 4. The van der Waals surface area contributed by atoms with E-state index in [0.29, 0.717) is 12.1 Å². The molecule has 84 valence electrons. The van der Waals surface area contributed by atoms with E-state index in [0.717, 1.165) is 5.56 Å². The highest BCUT2D eigenvalue weighted by molar-refractivity contribution is 5.78. The number of carbonyl (C=O) groups is 1. The fraction of sp³-hybridized carbons (Fsp3) is 0.300. The van der Waals surface area contributed by atoms with Gasteiger partial charge in [-0.2, -0.15) is 0 Å². The average Bonchev–Trinajstić information content (AvgIpc) is 2.28. The maximum absolute atomic E-state index is 12.9. The zero-order valence-corrected chi connectivity index (χ0v) is 8.77. The van der Waals surface area contributed by atoms with Crippen molar-refractivity contribution in [3.8, 4) is 0 Å². The van der Waals surface area contributed by atoms with Crippen LogP contribution in [-0.2, 0) is 11.3 Å². The van der Waals surface area contributed by atoms with Crippen molar-refractivity contribution in [2.45, 2.75) is 13.5 Å². The Balaban J connectivity index is 2.51. The van der Waals surface area contributed by atoms with Crippen LogP contribution in [0, 0.1) is 12.7 Å². The largest absolute Gasteiger partial charge is 0.352 e. The number of carbonyl (C=O) groups excluding carboxylic acids is 1. The predicted molar refractivity (Wildman–Crippen MR) is 57.0 cm³/mol. The van der Waals surface area contributed by atoms with Crippen molar-refractivity contribution >= 4 is 5.91 Å². The lowest BCUT2D eigenvalue weighted by Gasteiger charge is -2.04. The lowest BCUT2D eigenvalue weighted by atomic mass is 10.1. The molecule has 0 saturated heterocycles. The lowest BCUT2D eigenvalue weighted by Crippen LogP contribution is -2.24. The van der Waals surface area contributed by atoms with Gasteiger partial charge >= 0.3 is 0 Å². The quantitative estimate of drug-likeness (QED) is 0.472. The van der Waals surface area contributed by atoms with Crippen LogP contribution in [0.15, 0.2) is 23.3 Å². The van der Waals surface area contributed by atoms with Crippen LogP contribution in [0.25, 0.3) is 10.4 Å². The Hall–Kier alpha value is -2.07. The molecule has 0 aliphatic heterocycles. The summed E-state index contributed by atoms with van der Waals surface area (Å²) in [6.45, 7) is 1.72. The molecule has 0 spiro atoms. The molecule has 0 heterocycles. The summed E-state index contributed by atoms with van der Waals surface area (Å²) in [5, 5.41) is 5.68. The first-order valence-electron chi connectivity index (χ1n) is 4.66. The van der Waals surface area contributed by atoms with Crippen LogP contribution < -0.4 is 5.32 Å². The van der Waals surface area contributed by atoms with E-state index in [2.05, 4.69) is 15.3 Å². The average molecular weight is 222 g/mol. The molecule has 1 aromatic rings. The number of aryl methyl sites for hydroxylation is 1. The minimum atomic E-state index is -0.361. The molecule has 0 aliphatic rings. The molecular formula is C10H11FN4O. The van der Waals surface area contributed by atoms with Gasteiger partial charge < -0.3 is 5.32 Å². The molecule has 1 rings (SSSR count). The molecule has 0 unspecified atom stereocenters. The van der Waals surface area contributed by atoms with Gasteiger partial charge in [0.15, 0.2) is 0 Å². The van der Waals surface area contributed by atoms with E-state index in [9.17, 15) is 9.18 Å². The van der Waals surface area contributed by atoms with E-state index in [4.69, 9.17) is 5.53 Å². The zero-order valence-electron chi connectivity index (χ0n) is 8.77. The van der Waals surface area contributed by atoms with Gasteiger partial charge in [-0.05, 0) is 29.6 Å². The van der Waals surface area contributed by atoms with Crippen molar-refractivity contribution in [2.24, 2.45) is 5.11 Å². The van der Waals surface area contributed by atoms with Gasteiger partial charge in [0.1, 0.15) is 12.4 Å². The van der Waals surface area contributed by atoms with E-state index in [1.165, 1.54) is 6.07 Å². The second kappa shape index (κ2) is 5.72. The Morgan fingerprint density at radius 1 is 1.62 bits per heavy atom. The van der Waals surface area contributed by atoms with Gasteiger partial charge in [0, 0.05) is 11.5 Å². The fourth-order valence-corrected chi connectivity index (χ4v) is 1.17. The maximum Gasteiger partial charge on any atom is 0.226 e. The summed E-state index contributed by atoms with van der Waals surface area (Å²) in [6.07, 6.45) is 0. The first kappa shape index (κ1) is 12.0. The van der Waals surface area contributed by atoms with Crippen molar-refractivity contribution in [3.05, 3.63) is 45.6 Å². The third-order valence-electron chi connectivity index (χ3n) is 1.99. The van der Waals surface area contributed by atoms with Crippen LogP contribution in [0.5, 0.6) is 0 Å². The molecule has 5 nitrogen and oxygen atoms in total. The summed E-state index contributed by atoms with van der Waals surface area (Å²) in [6, 6.07) is 4.60. The van der Waals surface area contributed by atoms with E-state index < -0.39 is 0 Å². The number of hydrogen-bond donors (Lipinski definition) is 1. The Morgan fingerprint density at radius 3 is 3.00 bits per heavy atom. The Kier molecular flexibility index (Phi) is 4.29. The van der Waals surface area contributed by atoms with Crippen LogP contribution in [0.3, 0.4) is 0 Å². The van der Waals surface area contributed by atoms with Crippen molar-refractivity contribution in [1.29, 1.82) is 0 Å². The van der Waals surface area contributed by atoms with Gasteiger partial charge in [-0.15, -0.1) is 0 Å². The minimum Gasteiger partial charge on any atom is -0.352 e. The smallest absolute Gasteiger partial charge is 0.226 e. The molecule has 1 aromatic carbocycles. The minimum absolute atomic E-state index is 0.226.